The van der Waals surface area contributed by atoms with E-state index < -0.39 is 6.10 Å². The summed E-state index contributed by atoms with van der Waals surface area (Å²) in [5.74, 6) is -0.317. The third-order valence-electron chi connectivity index (χ3n) is 1.70. The fraction of sp³-hybridized carbons (Fsp3) is 0.545. The minimum absolute atomic E-state index is 0.317. The molecule has 0 aromatic carbocycles. The van der Waals surface area contributed by atoms with Gasteiger partial charge in [-0.25, -0.2) is 4.79 Å². The predicted molar refractivity (Wildman–Crippen MR) is 55.8 cm³/mol. The number of aliphatic hydroxyl groups is 1. The molecule has 0 aromatic heterocycles. The van der Waals surface area contributed by atoms with Crippen LogP contribution in [0.4, 0.5) is 0 Å². The number of rotatable bonds is 5. The number of esters is 1. The topological polar surface area (TPSA) is 46.5 Å². The van der Waals surface area contributed by atoms with Gasteiger partial charge in [0.2, 0.25) is 0 Å². The molecule has 0 amide bonds. The van der Waals surface area contributed by atoms with Gasteiger partial charge in [0.1, 0.15) is 0 Å². The summed E-state index contributed by atoms with van der Waals surface area (Å²) in [5, 5.41) is 9.18. The summed E-state index contributed by atoms with van der Waals surface area (Å²) in [6.45, 7) is 5.71. The van der Waals surface area contributed by atoms with Crippen LogP contribution in [-0.2, 0) is 9.53 Å². The second kappa shape index (κ2) is 7.33. The quantitative estimate of drug-likeness (QED) is 0.416. The van der Waals surface area contributed by atoms with E-state index in [2.05, 4.69) is 0 Å². The van der Waals surface area contributed by atoms with E-state index in [0.29, 0.717) is 18.6 Å². The molecule has 0 aliphatic heterocycles. The van der Waals surface area contributed by atoms with Gasteiger partial charge >= 0.3 is 5.97 Å². The van der Waals surface area contributed by atoms with Crippen molar-refractivity contribution in [1.29, 1.82) is 0 Å². The Labute approximate surface area is 85.1 Å². The minimum Gasteiger partial charge on any atom is -0.463 e. The van der Waals surface area contributed by atoms with Crippen LogP contribution in [0.2, 0.25) is 0 Å². The fourth-order valence-electron chi connectivity index (χ4n) is 0.777. The highest BCUT2D eigenvalue weighted by Crippen LogP contribution is 1.98. The summed E-state index contributed by atoms with van der Waals surface area (Å²) in [6, 6.07) is 0. The van der Waals surface area contributed by atoms with Gasteiger partial charge in [0.25, 0.3) is 0 Å². The van der Waals surface area contributed by atoms with E-state index in [1.807, 2.05) is 6.92 Å². The Balaban J connectivity index is 4.11. The fourth-order valence-corrected chi connectivity index (χ4v) is 0.777. The van der Waals surface area contributed by atoms with Crippen molar-refractivity contribution in [3.05, 3.63) is 23.8 Å². The first-order chi connectivity index (χ1) is 6.61. The molecule has 0 saturated carbocycles. The highest BCUT2D eigenvalue weighted by Gasteiger charge is 2.01. The van der Waals surface area contributed by atoms with E-state index in [0.717, 1.165) is 0 Å². The standard InChI is InChI=1S/C11H18O3/c1-4-10(12)8-6-7-9(3)11(13)14-5-2/h6-8,10,12H,4-5H2,1-3H3/b8-6+,9-7+/t10-/m1/s1. The van der Waals surface area contributed by atoms with E-state index in [1.54, 1.807) is 32.1 Å². The van der Waals surface area contributed by atoms with Crippen molar-refractivity contribution < 1.29 is 14.6 Å². The molecule has 0 heterocycles. The first-order valence-corrected chi connectivity index (χ1v) is 4.82. The van der Waals surface area contributed by atoms with Crippen molar-refractivity contribution in [2.24, 2.45) is 0 Å². The zero-order valence-corrected chi connectivity index (χ0v) is 8.99. The average molecular weight is 198 g/mol. The molecule has 0 rings (SSSR count). The first-order valence-electron chi connectivity index (χ1n) is 4.82. The van der Waals surface area contributed by atoms with Gasteiger partial charge in [-0.05, 0) is 20.3 Å². The van der Waals surface area contributed by atoms with Crippen LogP contribution in [0.5, 0.6) is 0 Å². The largest absolute Gasteiger partial charge is 0.463 e. The van der Waals surface area contributed by atoms with Crippen LogP contribution in [0.15, 0.2) is 23.8 Å². The molecule has 0 aliphatic rings. The van der Waals surface area contributed by atoms with Crippen LogP contribution >= 0.6 is 0 Å². The minimum atomic E-state index is -0.443. The normalized spacial score (nSPS) is 14.4. The number of ether oxygens (including phenoxy) is 1. The number of hydrogen-bond donors (Lipinski definition) is 1. The van der Waals surface area contributed by atoms with Crippen LogP contribution in [0.3, 0.4) is 0 Å². The first kappa shape index (κ1) is 12.9. The van der Waals surface area contributed by atoms with Crippen molar-refractivity contribution in [2.75, 3.05) is 6.61 Å². The van der Waals surface area contributed by atoms with Crippen molar-refractivity contribution in [2.45, 2.75) is 33.3 Å². The van der Waals surface area contributed by atoms with Gasteiger partial charge in [0.05, 0.1) is 12.7 Å². The highest BCUT2D eigenvalue weighted by atomic mass is 16.5. The van der Waals surface area contributed by atoms with Gasteiger partial charge < -0.3 is 9.84 Å². The van der Waals surface area contributed by atoms with Gasteiger partial charge in [0.15, 0.2) is 0 Å². The molecule has 14 heavy (non-hydrogen) atoms. The van der Waals surface area contributed by atoms with E-state index >= 15 is 0 Å². The maximum absolute atomic E-state index is 11.1. The van der Waals surface area contributed by atoms with E-state index in [-0.39, 0.29) is 5.97 Å². The number of aliphatic hydroxyl groups excluding tert-OH is 1. The summed E-state index contributed by atoms with van der Waals surface area (Å²) < 4.78 is 4.78. The van der Waals surface area contributed by atoms with Crippen LogP contribution in [0, 0.1) is 0 Å². The zero-order chi connectivity index (χ0) is 11.0. The van der Waals surface area contributed by atoms with Crippen LogP contribution in [0.1, 0.15) is 27.2 Å². The molecular formula is C11H18O3. The lowest BCUT2D eigenvalue weighted by Gasteiger charge is -2.00. The van der Waals surface area contributed by atoms with Gasteiger partial charge in [0, 0.05) is 5.57 Å². The van der Waals surface area contributed by atoms with Gasteiger partial charge in [-0.15, -0.1) is 0 Å². The van der Waals surface area contributed by atoms with E-state index in [4.69, 9.17) is 4.74 Å². The second-order valence-corrected chi connectivity index (χ2v) is 2.93. The molecule has 0 bridgehead atoms. The molecule has 1 N–H and O–H groups in total. The molecule has 0 unspecified atom stereocenters. The Morgan fingerprint density at radius 3 is 2.64 bits per heavy atom. The third kappa shape index (κ3) is 5.54. The number of carbonyl (C=O) groups excluding carboxylic acids is 1. The molecule has 0 fully saturated rings. The molecule has 1 atom stereocenters. The maximum Gasteiger partial charge on any atom is 0.333 e. The van der Waals surface area contributed by atoms with Crippen LogP contribution in [-0.4, -0.2) is 23.8 Å². The van der Waals surface area contributed by atoms with Crippen molar-refractivity contribution in [3.63, 3.8) is 0 Å². The summed E-state index contributed by atoms with van der Waals surface area (Å²) >= 11 is 0. The molecular weight excluding hydrogens is 180 g/mol. The Bertz CT molecular complexity index is 229. The Morgan fingerprint density at radius 2 is 2.14 bits per heavy atom. The Hall–Kier alpha value is -1.09. The Kier molecular flexibility index (Phi) is 6.76. The average Bonchev–Trinajstić information content (AvgIpc) is 2.17. The van der Waals surface area contributed by atoms with Gasteiger partial charge in [-0.1, -0.05) is 25.2 Å². The molecule has 3 nitrogen and oxygen atoms in total. The lowest BCUT2D eigenvalue weighted by atomic mass is 10.2. The van der Waals surface area contributed by atoms with Gasteiger partial charge in [-0.2, -0.15) is 0 Å². The Morgan fingerprint density at radius 1 is 1.50 bits per heavy atom. The molecule has 0 saturated heterocycles. The molecule has 80 valence electrons. The monoisotopic (exact) mass is 198 g/mol. The molecule has 0 aromatic rings. The molecule has 3 heteroatoms. The summed E-state index contributed by atoms with van der Waals surface area (Å²) in [6.07, 6.45) is 5.17. The van der Waals surface area contributed by atoms with E-state index in [9.17, 15) is 9.90 Å². The van der Waals surface area contributed by atoms with Gasteiger partial charge in [-0.3, -0.25) is 0 Å². The lowest BCUT2D eigenvalue weighted by Crippen LogP contribution is -2.04. The lowest BCUT2D eigenvalue weighted by molar-refractivity contribution is -0.138. The maximum atomic E-state index is 11.1. The summed E-state index contributed by atoms with van der Waals surface area (Å²) in [7, 11) is 0. The zero-order valence-electron chi connectivity index (χ0n) is 8.99. The smallest absolute Gasteiger partial charge is 0.333 e. The van der Waals surface area contributed by atoms with Crippen molar-refractivity contribution in [3.8, 4) is 0 Å². The molecule has 0 aliphatic carbocycles. The van der Waals surface area contributed by atoms with Crippen LogP contribution < -0.4 is 0 Å². The third-order valence-corrected chi connectivity index (χ3v) is 1.70. The summed E-state index contributed by atoms with van der Waals surface area (Å²) in [5.41, 5.74) is 0.534. The van der Waals surface area contributed by atoms with Crippen LogP contribution in [0.25, 0.3) is 0 Å². The molecule has 0 spiro atoms. The second-order valence-electron chi connectivity index (χ2n) is 2.93. The van der Waals surface area contributed by atoms with Crippen molar-refractivity contribution in [1.82, 2.24) is 0 Å². The number of carbonyl (C=O) groups is 1. The van der Waals surface area contributed by atoms with E-state index in [1.165, 1.54) is 0 Å². The molecule has 0 radical (unpaired) electrons. The highest BCUT2D eigenvalue weighted by molar-refractivity contribution is 5.88. The SMILES string of the molecule is CCOC(=O)/C(C)=C/C=C/[C@H](O)CC. The number of hydrogen-bond acceptors (Lipinski definition) is 3. The predicted octanol–water partition coefficient (Wildman–Crippen LogP) is 1.82. The number of allylic oxidation sites excluding steroid dienone is 2. The summed E-state index contributed by atoms with van der Waals surface area (Å²) in [4.78, 5) is 11.1. The van der Waals surface area contributed by atoms with Crippen molar-refractivity contribution >= 4 is 5.97 Å².